The molecular weight excluding hydrogens is 200 g/mol. The van der Waals surface area contributed by atoms with Gasteiger partial charge in [-0.25, -0.2) is 8.78 Å². The van der Waals surface area contributed by atoms with Crippen molar-refractivity contribution < 1.29 is 13.9 Å². The second kappa shape index (κ2) is 3.17. The van der Waals surface area contributed by atoms with Crippen molar-refractivity contribution in [2.75, 3.05) is 6.54 Å². The SMILES string of the molecule is CC1(c2ccc(O)cc2)NCCC1(F)F. The van der Waals surface area contributed by atoms with E-state index in [1.165, 1.54) is 31.2 Å². The molecule has 1 fully saturated rings. The van der Waals surface area contributed by atoms with E-state index in [-0.39, 0.29) is 12.2 Å². The van der Waals surface area contributed by atoms with Gasteiger partial charge in [-0.2, -0.15) is 0 Å². The molecule has 0 bridgehead atoms. The molecule has 4 heteroatoms. The van der Waals surface area contributed by atoms with E-state index < -0.39 is 11.5 Å². The summed E-state index contributed by atoms with van der Waals surface area (Å²) in [5.74, 6) is -2.66. The van der Waals surface area contributed by atoms with Crippen LogP contribution in [0.1, 0.15) is 18.9 Å². The van der Waals surface area contributed by atoms with Crippen molar-refractivity contribution >= 4 is 0 Å². The fraction of sp³-hybridized carbons (Fsp3) is 0.455. The summed E-state index contributed by atoms with van der Waals surface area (Å²) in [5, 5.41) is 11.9. The average Bonchev–Trinajstić information content (AvgIpc) is 2.43. The van der Waals surface area contributed by atoms with Crippen LogP contribution in [0.5, 0.6) is 5.75 Å². The van der Waals surface area contributed by atoms with Gasteiger partial charge in [0.05, 0.1) is 0 Å². The molecule has 0 aliphatic carbocycles. The predicted octanol–water partition coefficient (Wildman–Crippen LogP) is 2.24. The first-order valence-electron chi connectivity index (χ1n) is 4.88. The van der Waals surface area contributed by atoms with Crippen LogP contribution in [-0.4, -0.2) is 17.6 Å². The van der Waals surface area contributed by atoms with Crippen molar-refractivity contribution in [2.45, 2.75) is 24.8 Å². The third-order valence-electron chi connectivity index (χ3n) is 3.09. The minimum Gasteiger partial charge on any atom is -0.508 e. The number of phenolic OH excluding ortho intramolecular Hbond substituents is 1. The normalized spacial score (nSPS) is 29.3. The third kappa shape index (κ3) is 1.49. The molecule has 2 nitrogen and oxygen atoms in total. The van der Waals surface area contributed by atoms with Crippen molar-refractivity contribution in [1.82, 2.24) is 5.32 Å². The first kappa shape index (κ1) is 10.4. The molecule has 2 N–H and O–H groups in total. The predicted molar refractivity (Wildman–Crippen MR) is 53.0 cm³/mol. The first-order valence-corrected chi connectivity index (χ1v) is 4.88. The van der Waals surface area contributed by atoms with Crippen LogP contribution >= 0.6 is 0 Å². The third-order valence-corrected chi connectivity index (χ3v) is 3.09. The van der Waals surface area contributed by atoms with Crippen LogP contribution in [0.3, 0.4) is 0 Å². The highest BCUT2D eigenvalue weighted by molar-refractivity contribution is 5.33. The van der Waals surface area contributed by atoms with Crippen LogP contribution in [0.2, 0.25) is 0 Å². The highest BCUT2D eigenvalue weighted by Gasteiger charge is 2.54. The van der Waals surface area contributed by atoms with Crippen LogP contribution in [-0.2, 0) is 5.54 Å². The Hall–Kier alpha value is -1.16. The van der Waals surface area contributed by atoms with E-state index in [0.29, 0.717) is 12.1 Å². The summed E-state index contributed by atoms with van der Waals surface area (Å²) in [6.45, 7) is 1.80. The van der Waals surface area contributed by atoms with Gasteiger partial charge in [-0.1, -0.05) is 12.1 Å². The van der Waals surface area contributed by atoms with Gasteiger partial charge in [-0.3, -0.25) is 0 Å². The van der Waals surface area contributed by atoms with E-state index in [1.807, 2.05) is 0 Å². The van der Waals surface area contributed by atoms with Crippen LogP contribution in [0, 0.1) is 0 Å². The molecule has 1 aliphatic rings. The van der Waals surface area contributed by atoms with Crippen LogP contribution < -0.4 is 5.32 Å². The zero-order valence-electron chi connectivity index (χ0n) is 8.43. The Kier molecular flexibility index (Phi) is 2.19. The van der Waals surface area contributed by atoms with Gasteiger partial charge in [0, 0.05) is 13.0 Å². The lowest BCUT2D eigenvalue weighted by Gasteiger charge is -2.31. The number of benzene rings is 1. The molecule has 1 unspecified atom stereocenters. The molecule has 0 radical (unpaired) electrons. The maximum Gasteiger partial charge on any atom is 0.270 e. The standard InChI is InChI=1S/C11H13F2NO/c1-10(11(12,13)6-7-14-10)8-2-4-9(15)5-3-8/h2-5,14-15H,6-7H2,1H3. The molecule has 0 spiro atoms. The van der Waals surface area contributed by atoms with Gasteiger partial charge in [0.15, 0.2) is 0 Å². The van der Waals surface area contributed by atoms with Gasteiger partial charge in [0.2, 0.25) is 0 Å². The number of phenols is 1. The minimum absolute atomic E-state index is 0.0867. The average molecular weight is 213 g/mol. The van der Waals surface area contributed by atoms with E-state index in [2.05, 4.69) is 5.32 Å². The molecule has 1 aliphatic heterocycles. The van der Waals surface area contributed by atoms with Crippen molar-refractivity contribution in [3.63, 3.8) is 0 Å². The lowest BCUT2D eigenvalue weighted by molar-refractivity contribution is -0.0559. The molecule has 2 rings (SSSR count). The molecule has 0 aromatic heterocycles. The Labute approximate surface area is 86.9 Å². The quantitative estimate of drug-likeness (QED) is 0.749. The van der Waals surface area contributed by atoms with Crippen LogP contribution in [0.25, 0.3) is 0 Å². The molecule has 82 valence electrons. The molecule has 1 aromatic carbocycles. The molecule has 0 amide bonds. The van der Waals surface area contributed by atoms with Gasteiger partial charge in [0.1, 0.15) is 11.3 Å². The summed E-state index contributed by atoms with van der Waals surface area (Å²) < 4.78 is 27.3. The maximum absolute atomic E-state index is 13.7. The molecule has 0 saturated carbocycles. The molecule has 1 aromatic rings. The van der Waals surface area contributed by atoms with Gasteiger partial charge in [0.25, 0.3) is 5.92 Å². The fourth-order valence-electron chi connectivity index (χ4n) is 1.96. The molecular formula is C11H13F2NO. The van der Waals surface area contributed by atoms with E-state index in [1.54, 1.807) is 0 Å². The van der Waals surface area contributed by atoms with E-state index in [4.69, 9.17) is 5.11 Å². The smallest absolute Gasteiger partial charge is 0.270 e. The zero-order valence-corrected chi connectivity index (χ0v) is 8.43. The number of halogens is 2. The summed E-state index contributed by atoms with van der Waals surface area (Å²) in [6.07, 6.45) is -0.148. The Morgan fingerprint density at radius 1 is 1.27 bits per heavy atom. The largest absolute Gasteiger partial charge is 0.508 e. The number of hydrogen-bond donors (Lipinski definition) is 2. The number of nitrogens with one attached hydrogen (secondary N) is 1. The summed E-state index contributed by atoms with van der Waals surface area (Å²) >= 11 is 0. The Morgan fingerprint density at radius 3 is 2.33 bits per heavy atom. The van der Waals surface area contributed by atoms with Crippen molar-refractivity contribution in [1.29, 1.82) is 0 Å². The monoisotopic (exact) mass is 213 g/mol. The lowest BCUT2D eigenvalue weighted by atomic mass is 9.87. The van der Waals surface area contributed by atoms with Crippen molar-refractivity contribution in [3.8, 4) is 5.75 Å². The number of alkyl halides is 2. The second-order valence-corrected chi connectivity index (χ2v) is 4.05. The molecule has 15 heavy (non-hydrogen) atoms. The maximum atomic E-state index is 13.7. The summed E-state index contributed by atoms with van der Waals surface area (Å²) in [7, 11) is 0. The second-order valence-electron chi connectivity index (χ2n) is 4.05. The highest BCUT2D eigenvalue weighted by atomic mass is 19.3. The van der Waals surface area contributed by atoms with E-state index in [9.17, 15) is 8.78 Å². The molecule has 1 atom stereocenters. The zero-order chi connectivity index (χ0) is 11.1. The first-order chi connectivity index (χ1) is 6.96. The van der Waals surface area contributed by atoms with Crippen LogP contribution in [0.4, 0.5) is 8.78 Å². The number of hydrogen-bond acceptors (Lipinski definition) is 2. The van der Waals surface area contributed by atoms with Crippen molar-refractivity contribution in [3.05, 3.63) is 29.8 Å². The summed E-state index contributed by atoms with van der Waals surface area (Å²) in [5.41, 5.74) is -0.816. The summed E-state index contributed by atoms with van der Waals surface area (Å²) in [6, 6.07) is 5.91. The Morgan fingerprint density at radius 2 is 1.87 bits per heavy atom. The fourth-order valence-corrected chi connectivity index (χ4v) is 1.96. The Bertz CT molecular complexity index is 363. The van der Waals surface area contributed by atoms with Gasteiger partial charge >= 0.3 is 0 Å². The molecule has 1 heterocycles. The van der Waals surface area contributed by atoms with Gasteiger partial charge in [-0.05, 0) is 24.6 Å². The number of rotatable bonds is 1. The van der Waals surface area contributed by atoms with Gasteiger partial charge < -0.3 is 10.4 Å². The van der Waals surface area contributed by atoms with E-state index >= 15 is 0 Å². The highest BCUT2D eigenvalue weighted by Crippen LogP contribution is 2.43. The van der Waals surface area contributed by atoms with Gasteiger partial charge in [-0.15, -0.1) is 0 Å². The molecule has 1 saturated heterocycles. The summed E-state index contributed by atoms with van der Waals surface area (Å²) in [4.78, 5) is 0. The minimum atomic E-state index is -2.75. The number of aromatic hydroxyl groups is 1. The van der Waals surface area contributed by atoms with Crippen molar-refractivity contribution in [2.24, 2.45) is 0 Å². The lowest BCUT2D eigenvalue weighted by Crippen LogP contribution is -2.45. The van der Waals surface area contributed by atoms with Crippen LogP contribution in [0.15, 0.2) is 24.3 Å². The topological polar surface area (TPSA) is 32.3 Å². The Balaban J connectivity index is 2.41. The van der Waals surface area contributed by atoms with E-state index in [0.717, 1.165) is 0 Å².